The van der Waals surface area contributed by atoms with Crippen molar-refractivity contribution in [3.05, 3.63) is 0 Å². The Morgan fingerprint density at radius 2 is 2.20 bits per heavy atom. The van der Waals surface area contributed by atoms with E-state index < -0.39 is 5.97 Å². The van der Waals surface area contributed by atoms with Crippen molar-refractivity contribution in [1.29, 1.82) is 0 Å². The average Bonchev–Trinajstić information content (AvgIpc) is 2.69. The highest BCUT2D eigenvalue weighted by molar-refractivity contribution is 7.99. The summed E-state index contributed by atoms with van der Waals surface area (Å²) in [4.78, 5) is 10.8. The van der Waals surface area contributed by atoms with Gasteiger partial charge in [-0.1, -0.05) is 19.8 Å². The number of carboxylic acids is 1. The first-order valence-electron chi connectivity index (χ1n) is 5.78. The van der Waals surface area contributed by atoms with Crippen LogP contribution in [-0.4, -0.2) is 35.2 Å². The minimum absolute atomic E-state index is 0.374. The first-order chi connectivity index (χ1) is 7.24. The number of hydrogen-bond donors (Lipinski definition) is 2. The Balaban J connectivity index is 2.12. The monoisotopic (exact) mass is 231 g/mol. The van der Waals surface area contributed by atoms with E-state index in [9.17, 15) is 4.79 Å². The number of rotatable bonds is 7. The van der Waals surface area contributed by atoms with E-state index in [2.05, 4.69) is 5.32 Å². The van der Waals surface area contributed by atoms with Gasteiger partial charge in [-0.15, -0.1) is 0 Å². The maximum absolute atomic E-state index is 10.8. The van der Waals surface area contributed by atoms with Crippen molar-refractivity contribution in [3.63, 3.8) is 0 Å². The van der Waals surface area contributed by atoms with Gasteiger partial charge in [0.1, 0.15) is 6.04 Å². The molecular weight excluding hydrogens is 210 g/mol. The van der Waals surface area contributed by atoms with E-state index in [4.69, 9.17) is 5.11 Å². The zero-order chi connectivity index (χ0) is 11.1. The molecule has 15 heavy (non-hydrogen) atoms. The third-order valence-corrected chi connectivity index (χ3v) is 4.14. The number of nitrogens with one attached hydrogen (secondary N) is 1. The Morgan fingerprint density at radius 1 is 1.53 bits per heavy atom. The summed E-state index contributed by atoms with van der Waals surface area (Å²) in [5.74, 6) is 1.94. The van der Waals surface area contributed by atoms with Crippen molar-refractivity contribution in [1.82, 2.24) is 5.32 Å². The molecule has 0 saturated heterocycles. The summed E-state index contributed by atoms with van der Waals surface area (Å²) in [7, 11) is 0. The standard InChI is InChI=1S/C11H21NO2S/c1-2-12-10(11(13)14)8-15-7-9-5-3-4-6-9/h9-10,12H,2-8H2,1H3,(H,13,14). The van der Waals surface area contributed by atoms with Gasteiger partial charge in [-0.25, -0.2) is 0 Å². The lowest BCUT2D eigenvalue weighted by Gasteiger charge is -2.14. The van der Waals surface area contributed by atoms with Crippen LogP contribution in [0.1, 0.15) is 32.6 Å². The molecule has 0 aliphatic heterocycles. The van der Waals surface area contributed by atoms with Crippen LogP contribution in [0.25, 0.3) is 0 Å². The molecule has 1 aliphatic rings. The maximum atomic E-state index is 10.8. The van der Waals surface area contributed by atoms with Gasteiger partial charge in [-0.05, 0) is 31.1 Å². The zero-order valence-corrected chi connectivity index (χ0v) is 10.2. The third-order valence-electron chi connectivity index (χ3n) is 2.86. The maximum Gasteiger partial charge on any atom is 0.321 e. The molecule has 0 bridgehead atoms. The van der Waals surface area contributed by atoms with Crippen LogP contribution in [0.15, 0.2) is 0 Å². The second-order valence-corrected chi connectivity index (χ2v) is 5.21. The van der Waals surface area contributed by atoms with E-state index in [-0.39, 0.29) is 6.04 Å². The highest BCUT2D eigenvalue weighted by atomic mass is 32.2. The highest BCUT2D eigenvalue weighted by Gasteiger charge is 2.18. The number of thioether (sulfide) groups is 1. The van der Waals surface area contributed by atoms with Crippen molar-refractivity contribution >= 4 is 17.7 Å². The van der Waals surface area contributed by atoms with Crippen LogP contribution in [0.5, 0.6) is 0 Å². The summed E-state index contributed by atoms with van der Waals surface area (Å²) < 4.78 is 0. The Labute approximate surface area is 96.0 Å². The normalized spacial score (nSPS) is 19.3. The van der Waals surface area contributed by atoms with Crippen LogP contribution >= 0.6 is 11.8 Å². The lowest BCUT2D eigenvalue weighted by molar-refractivity contribution is -0.138. The summed E-state index contributed by atoms with van der Waals surface area (Å²) in [5.41, 5.74) is 0. The zero-order valence-electron chi connectivity index (χ0n) is 9.37. The molecule has 3 nitrogen and oxygen atoms in total. The van der Waals surface area contributed by atoms with Gasteiger partial charge in [0.05, 0.1) is 0 Å². The van der Waals surface area contributed by atoms with Crippen LogP contribution in [0.4, 0.5) is 0 Å². The molecule has 4 heteroatoms. The van der Waals surface area contributed by atoms with Gasteiger partial charge in [-0.2, -0.15) is 11.8 Å². The Bertz CT molecular complexity index is 193. The molecule has 0 aromatic carbocycles. The first-order valence-corrected chi connectivity index (χ1v) is 6.93. The third kappa shape index (κ3) is 4.89. The molecule has 0 aromatic rings. The van der Waals surface area contributed by atoms with Crippen LogP contribution in [0, 0.1) is 5.92 Å². The number of carbonyl (C=O) groups is 1. The van der Waals surface area contributed by atoms with Crippen molar-refractivity contribution in [2.75, 3.05) is 18.1 Å². The average molecular weight is 231 g/mol. The Morgan fingerprint density at radius 3 is 2.73 bits per heavy atom. The minimum Gasteiger partial charge on any atom is -0.480 e. The van der Waals surface area contributed by atoms with E-state index in [0.29, 0.717) is 5.75 Å². The summed E-state index contributed by atoms with van der Waals surface area (Å²) in [6, 6.07) is -0.374. The largest absolute Gasteiger partial charge is 0.480 e. The molecule has 0 amide bonds. The molecule has 1 aliphatic carbocycles. The minimum atomic E-state index is -0.726. The van der Waals surface area contributed by atoms with E-state index in [1.807, 2.05) is 6.92 Å². The predicted octanol–water partition coefficient (Wildman–Crippen LogP) is 1.97. The second kappa shape index (κ2) is 7.12. The van der Waals surface area contributed by atoms with Gasteiger partial charge in [0.2, 0.25) is 0 Å². The Hall–Kier alpha value is -0.220. The van der Waals surface area contributed by atoms with Crippen LogP contribution in [-0.2, 0) is 4.79 Å². The first kappa shape index (κ1) is 12.8. The fourth-order valence-electron chi connectivity index (χ4n) is 1.99. The summed E-state index contributed by atoms with van der Waals surface area (Å²) >= 11 is 1.78. The fourth-order valence-corrected chi connectivity index (χ4v) is 3.29. The van der Waals surface area contributed by atoms with Gasteiger partial charge in [0.15, 0.2) is 0 Å². The molecule has 0 radical (unpaired) electrons. The van der Waals surface area contributed by atoms with E-state index in [1.165, 1.54) is 25.7 Å². The van der Waals surface area contributed by atoms with E-state index in [1.54, 1.807) is 11.8 Å². The molecule has 2 N–H and O–H groups in total. The lowest BCUT2D eigenvalue weighted by atomic mass is 10.1. The molecule has 1 atom stereocenters. The molecule has 1 fully saturated rings. The molecule has 0 spiro atoms. The van der Waals surface area contributed by atoms with Crippen LogP contribution in [0.3, 0.4) is 0 Å². The molecule has 1 unspecified atom stereocenters. The number of carboxylic acid groups (broad SMARTS) is 1. The number of aliphatic carboxylic acids is 1. The lowest BCUT2D eigenvalue weighted by Crippen LogP contribution is -2.38. The van der Waals surface area contributed by atoms with Gasteiger partial charge in [0, 0.05) is 5.75 Å². The smallest absolute Gasteiger partial charge is 0.321 e. The van der Waals surface area contributed by atoms with Gasteiger partial charge >= 0.3 is 5.97 Å². The summed E-state index contributed by atoms with van der Waals surface area (Å²) in [6.45, 7) is 2.67. The molecule has 88 valence electrons. The quantitative estimate of drug-likeness (QED) is 0.703. The number of likely N-dealkylation sites (N-methyl/N-ethyl adjacent to an activating group) is 1. The van der Waals surface area contributed by atoms with Crippen molar-refractivity contribution in [3.8, 4) is 0 Å². The summed E-state index contributed by atoms with van der Waals surface area (Å²) in [6.07, 6.45) is 5.40. The highest BCUT2D eigenvalue weighted by Crippen LogP contribution is 2.27. The van der Waals surface area contributed by atoms with E-state index in [0.717, 1.165) is 18.2 Å². The predicted molar refractivity (Wildman–Crippen MR) is 64.4 cm³/mol. The molecule has 0 heterocycles. The van der Waals surface area contributed by atoms with Gasteiger partial charge in [-0.3, -0.25) is 4.79 Å². The van der Waals surface area contributed by atoms with Crippen molar-refractivity contribution in [2.45, 2.75) is 38.6 Å². The molecule has 0 aromatic heterocycles. The van der Waals surface area contributed by atoms with Crippen LogP contribution in [0.2, 0.25) is 0 Å². The molecule has 1 rings (SSSR count). The van der Waals surface area contributed by atoms with Crippen molar-refractivity contribution in [2.24, 2.45) is 5.92 Å². The van der Waals surface area contributed by atoms with Crippen molar-refractivity contribution < 1.29 is 9.90 Å². The second-order valence-electron chi connectivity index (χ2n) is 4.14. The van der Waals surface area contributed by atoms with Crippen LogP contribution < -0.4 is 5.32 Å². The Kier molecular flexibility index (Phi) is 6.10. The molecule has 1 saturated carbocycles. The van der Waals surface area contributed by atoms with Gasteiger partial charge in [0.25, 0.3) is 0 Å². The van der Waals surface area contributed by atoms with E-state index >= 15 is 0 Å². The SMILES string of the molecule is CCNC(CSCC1CCCC1)C(=O)O. The summed E-state index contributed by atoms with van der Waals surface area (Å²) in [5, 5.41) is 11.9. The van der Waals surface area contributed by atoms with Gasteiger partial charge < -0.3 is 10.4 Å². The fraction of sp³-hybridized carbons (Fsp3) is 0.909. The number of hydrogen-bond acceptors (Lipinski definition) is 3. The molecular formula is C11H21NO2S. The topological polar surface area (TPSA) is 49.3 Å².